The Hall–Kier alpha value is -2.27. The Kier molecular flexibility index (Phi) is 7.47. The molecule has 168 valence electrons. The Bertz CT molecular complexity index is 1130. The highest BCUT2D eigenvalue weighted by Gasteiger charge is 2.26. The second-order valence-electron chi connectivity index (χ2n) is 7.45. The van der Waals surface area contributed by atoms with Crippen molar-refractivity contribution in [3.63, 3.8) is 0 Å². The van der Waals surface area contributed by atoms with Gasteiger partial charge in [0.1, 0.15) is 0 Å². The number of amides is 1. The smallest absolute Gasteiger partial charge is 0.243 e. The molecule has 1 fully saturated rings. The van der Waals surface area contributed by atoms with E-state index in [2.05, 4.69) is 10.0 Å². The van der Waals surface area contributed by atoms with Crippen molar-refractivity contribution in [3.05, 3.63) is 54.1 Å². The number of carbonyl (C=O) groups excluding carboxylic acids is 1. The minimum atomic E-state index is -3.69. The van der Waals surface area contributed by atoms with E-state index in [1.165, 1.54) is 22.5 Å². The van der Waals surface area contributed by atoms with Gasteiger partial charge in [0.2, 0.25) is 26.0 Å². The third kappa shape index (κ3) is 5.91. The molecule has 0 radical (unpaired) electrons. The van der Waals surface area contributed by atoms with Gasteiger partial charge in [-0.1, -0.05) is 30.7 Å². The Morgan fingerprint density at radius 2 is 1.61 bits per heavy atom. The van der Waals surface area contributed by atoms with Crippen LogP contribution in [0.2, 0.25) is 0 Å². The lowest BCUT2D eigenvalue weighted by atomic mass is 10.2. The number of nitrogens with zero attached hydrogens (tertiary/aromatic N) is 1. The number of piperidine rings is 1. The number of sulfonamides is 2. The van der Waals surface area contributed by atoms with Gasteiger partial charge in [-0.2, -0.15) is 4.31 Å². The van der Waals surface area contributed by atoms with Crippen LogP contribution in [-0.2, 0) is 24.8 Å². The van der Waals surface area contributed by atoms with Crippen molar-refractivity contribution in [3.8, 4) is 0 Å². The Morgan fingerprint density at radius 3 is 2.29 bits per heavy atom. The van der Waals surface area contributed by atoms with Crippen LogP contribution in [0.5, 0.6) is 0 Å². The van der Waals surface area contributed by atoms with Crippen molar-refractivity contribution in [2.24, 2.45) is 0 Å². The summed E-state index contributed by atoms with van der Waals surface area (Å²) in [6, 6.07) is 12.6. The fourth-order valence-corrected chi connectivity index (χ4v) is 5.94. The van der Waals surface area contributed by atoms with E-state index >= 15 is 0 Å². The molecule has 1 heterocycles. The summed E-state index contributed by atoms with van der Waals surface area (Å²) >= 11 is 0. The summed E-state index contributed by atoms with van der Waals surface area (Å²) in [6.45, 7) is 2.69. The summed E-state index contributed by atoms with van der Waals surface area (Å²) in [5.74, 6) is -0.411. The number of aryl methyl sites for hydroxylation is 1. The minimum Gasteiger partial charge on any atom is -0.326 e. The highest BCUT2D eigenvalue weighted by Crippen LogP contribution is 2.25. The third-order valence-corrected chi connectivity index (χ3v) is 8.51. The predicted molar refractivity (Wildman–Crippen MR) is 119 cm³/mol. The highest BCUT2D eigenvalue weighted by molar-refractivity contribution is 7.89. The summed E-state index contributed by atoms with van der Waals surface area (Å²) < 4.78 is 54.1. The molecule has 2 aromatic carbocycles. The van der Waals surface area contributed by atoms with Gasteiger partial charge < -0.3 is 5.32 Å². The van der Waals surface area contributed by atoms with Gasteiger partial charge in [-0.05, 0) is 49.6 Å². The van der Waals surface area contributed by atoms with Gasteiger partial charge in [0.05, 0.1) is 9.79 Å². The summed E-state index contributed by atoms with van der Waals surface area (Å²) in [5.41, 5.74) is 1.12. The van der Waals surface area contributed by atoms with Crippen LogP contribution in [0, 0.1) is 6.92 Å². The first kappa shape index (κ1) is 23.4. The molecule has 10 heteroatoms. The average molecular weight is 466 g/mol. The van der Waals surface area contributed by atoms with E-state index in [1.54, 1.807) is 37.3 Å². The maximum atomic E-state index is 12.9. The van der Waals surface area contributed by atoms with Crippen molar-refractivity contribution in [1.29, 1.82) is 0 Å². The predicted octanol–water partition coefficient (Wildman–Crippen LogP) is 2.48. The Morgan fingerprint density at radius 1 is 0.935 bits per heavy atom. The molecule has 0 aromatic heterocycles. The second kappa shape index (κ2) is 9.90. The van der Waals surface area contributed by atoms with Crippen molar-refractivity contribution < 1.29 is 21.6 Å². The van der Waals surface area contributed by atoms with E-state index in [-0.39, 0.29) is 22.8 Å². The number of rotatable bonds is 8. The number of anilines is 1. The topological polar surface area (TPSA) is 113 Å². The molecular weight excluding hydrogens is 438 g/mol. The van der Waals surface area contributed by atoms with E-state index < -0.39 is 26.0 Å². The number of hydrogen-bond acceptors (Lipinski definition) is 5. The molecule has 1 aliphatic heterocycles. The van der Waals surface area contributed by atoms with Crippen LogP contribution in [-0.4, -0.2) is 46.7 Å². The molecule has 0 unspecified atom stereocenters. The molecule has 1 aliphatic rings. The minimum absolute atomic E-state index is 0.0755. The van der Waals surface area contributed by atoms with Crippen LogP contribution < -0.4 is 10.0 Å². The van der Waals surface area contributed by atoms with Gasteiger partial charge >= 0.3 is 0 Å². The molecule has 31 heavy (non-hydrogen) atoms. The number of carbonyl (C=O) groups is 1. The standard InChI is InChI=1S/C21H27N3O5S2/c1-17-10-11-19(31(28,29)24-14-6-3-7-15-24)16-20(17)23-21(25)12-13-22-30(26,27)18-8-4-2-5-9-18/h2,4-5,8-11,16,22H,3,6-7,12-15H2,1H3,(H,23,25). The first-order valence-corrected chi connectivity index (χ1v) is 13.1. The van der Waals surface area contributed by atoms with Gasteiger partial charge in [0.25, 0.3) is 0 Å². The summed E-state index contributed by atoms with van der Waals surface area (Å²) in [7, 11) is -7.30. The van der Waals surface area contributed by atoms with Crippen molar-refractivity contribution in [2.45, 2.75) is 42.4 Å². The molecule has 0 saturated carbocycles. The molecule has 0 atom stereocenters. The van der Waals surface area contributed by atoms with E-state index in [4.69, 9.17) is 0 Å². The van der Waals surface area contributed by atoms with E-state index in [0.717, 1.165) is 24.8 Å². The van der Waals surface area contributed by atoms with Gasteiger partial charge in [-0.15, -0.1) is 0 Å². The van der Waals surface area contributed by atoms with E-state index in [1.807, 2.05) is 0 Å². The lowest BCUT2D eigenvalue weighted by Gasteiger charge is -2.26. The fourth-order valence-electron chi connectivity index (χ4n) is 3.35. The summed E-state index contributed by atoms with van der Waals surface area (Å²) in [6.07, 6.45) is 2.62. The summed E-state index contributed by atoms with van der Waals surface area (Å²) in [5, 5.41) is 2.69. The molecule has 2 aromatic rings. The zero-order chi connectivity index (χ0) is 22.5. The molecule has 3 rings (SSSR count). The number of benzene rings is 2. The first-order valence-electron chi connectivity index (χ1n) is 10.2. The lowest BCUT2D eigenvalue weighted by molar-refractivity contribution is -0.116. The van der Waals surface area contributed by atoms with Gasteiger partial charge in [-0.25, -0.2) is 21.6 Å². The van der Waals surface area contributed by atoms with Gasteiger partial charge in [-0.3, -0.25) is 4.79 Å². The number of nitrogens with one attached hydrogen (secondary N) is 2. The van der Waals surface area contributed by atoms with Crippen molar-refractivity contribution in [1.82, 2.24) is 9.03 Å². The van der Waals surface area contributed by atoms with Gasteiger partial charge in [0.15, 0.2) is 0 Å². The van der Waals surface area contributed by atoms with Crippen LogP contribution in [0.25, 0.3) is 0 Å². The largest absolute Gasteiger partial charge is 0.326 e. The van der Waals surface area contributed by atoms with E-state index in [9.17, 15) is 21.6 Å². The normalized spacial score (nSPS) is 15.5. The molecule has 0 bridgehead atoms. The molecule has 1 saturated heterocycles. The average Bonchev–Trinajstić information content (AvgIpc) is 2.76. The highest BCUT2D eigenvalue weighted by atomic mass is 32.2. The maximum Gasteiger partial charge on any atom is 0.243 e. The Labute approximate surface area is 183 Å². The van der Waals surface area contributed by atoms with Crippen LogP contribution in [0.4, 0.5) is 5.69 Å². The monoisotopic (exact) mass is 465 g/mol. The van der Waals surface area contributed by atoms with Crippen molar-refractivity contribution in [2.75, 3.05) is 25.0 Å². The Balaban J connectivity index is 1.63. The summed E-state index contributed by atoms with van der Waals surface area (Å²) in [4.78, 5) is 12.6. The zero-order valence-corrected chi connectivity index (χ0v) is 19.0. The van der Waals surface area contributed by atoms with Gasteiger partial charge in [0, 0.05) is 31.7 Å². The van der Waals surface area contributed by atoms with Crippen LogP contribution in [0.1, 0.15) is 31.2 Å². The third-order valence-electron chi connectivity index (χ3n) is 5.13. The SMILES string of the molecule is Cc1ccc(S(=O)(=O)N2CCCCC2)cc1NC(=O)CCNS(=O)(=O)c1ccccc1. The second-order valence-corrected chi connectivity index (χ2v) is 11.2. The molecule has 2 N–H and O–H groups in total. The number of hydrogen-bond donors (Lipinski definition) is 2. The van der Waals surface area contributed by atoms with Crippen LogP contribution >= 0.6 is 0 Å². The fraction of sp³-hybridized carbons (Fsp3) is 0.381. The molecule has 0 spiro atoms. The van der Waals surface area contributed by atoms with Crippen molar-refractivity contribution >= 4 is 31.6 Å². The van der Waals surface area contributed by atoms with Crippen LogP contribution in [0.3, 0.4) is 0 Å². The van der Waals surface area contributed by atoms with E-state index in [0.29, 0.717) is 18.8 Å². The lowest BCUT2D eigenvalue weighted by Crippen LogP contribution is -2.35. The molecule has 8 nitrogen and oxygen atoms in total. The molecule has 1 amide bonds. The quantitative estimate of drug-likeness (QED) is 0.622. The maximum absolute atomic E-state index is 12.9. The zero-order valence-electron chi connectivity index (χ0n) is 17.4. The first-order chi connectivity index (χ1) is 14.7. The molecular formula is C21H27N3O5S2. The van der Waals surface area contributed by atoms with Crippen LogP contribution in [0.15, 0.2) is 58.3 Å². The molecule has 0 aliphatic carbocycles.